The van der Waals surface area contributed by atoms with Crippen LogP contribution in [0.25, 0.3) is 6.08 Å². The second-order valence-electron chi connectivity index (χ2n) is 5.62. The van der Waals surface area contributed by atoms with Gasteiger partial charge in [-0.1, -0.05) is 12.1 Å². The Balaban J connectivity index is 2.02. The van der Waals surface area contributed by atoms with Crippen molar-refractivity contribution in [3.05, 3.63) is 35.9 Å². The molecule has 1 aromatic carbocycles. The molecule has 0 radical (unpaired) electrons. The second kappa shape index (κ2) is 8.11. The average Bonchev–Trinajstić information content (AvgIpc) is 2.54. The van der Waals surface area contributed by atoms with Crippen LogP contribution in [0.15, 0.2) is 30.3 Å². The van der Waals surface area contributed by atoms with Crippen LogP contribution in [0, 0.1) is 0 Å². The molecule has 8 heteroatoms. The van der Waals surface area contributed by atoms with Gasteiger partial charge in [0.2, 0.25) is 0 Å². The summed E-state index contributed by atoms with van der Waals surface area (Å²) in [6.45, 7) is 2.69. The summed E-state index contributed by atoms with van der Waals surface area (Å²) in [6.07, 6.45) is -3.69. The van der Waals surface area contributed by atoms with E-state index in [1.54, 1.807) is 12.1 Å². The number of ether oxygens (including phenoxy) is 3. The maximum atomic E-state index is 11.9. The van der Waals surface area contributed by atoms with E-state index in [4.69, 9.17) is 14.2 Å². The number of rotatable bonds is 4. The lowest BCUT2D eigenvalue weighted by Gasteiger charge is -2.40. The van der Waals surface area contributed by atoms with Gasteiger partial charge in [0, 0.05) is 13.0 Å². The lowest BCUT2D eigenvalue weighted by atomic mass is 9.99. The van der Waals surface area contributed by atoms with Gasteiger partial charge in [-0.15, -0.1) is 0 Å². The van der Waals surface area contributed by atoms with Crippen LogP contribution < -0.4 is 0 Å². The highest BCUT2D eigenvalue weighted by Crippen LogP contribution is 2.25. The molecule has 2 rings (SSSR count). The van der Waals surface area contributed by atoms with E-state index in [2.05, 4.69) is 0 Å². The number of phenols is 1. The molecule has 0 spiro atoms. The highest BCUT2D eigenvalue weighted by Gasteiger charge is 2.46. The van der Waals surface area contributed by atoms with Crippen molar-refractivity contribution >= 4 is 18.0 Å². The van der Waals surface area contributed by atoms with Gasteiger partial charge in [-0.05, 0) is 30.7 Å². The Bertz CT molecular complexity index is 639. The molecule has 5 atom stereocenters. The Morgan fingerprint density at radius 2 is 1.76 bits per heavy atom. The molecule has 3 N–H and O–H groups in total. The highest BCUT2D eigenvalue weighted by atomic mass is 16.7. The van der Waals surface area contributed by atoms with Crippen LogP contribution in [0.3, 0.4) is 0 Å². The first kappa shape index (κ1) is 18.9. The zero-order valence-electron chi connectivity index (χ0n) is 13.7. The topological polar surface area (TPSA) is 123 Å². The Morgan fingerprint density at radius 3 is 2.36 bits per heavy atom. The fraction of sp³-hybridized carbons (Fsp3) is 0.412. The molecule has 1 fully saturated rings. The maximum absolute atomic E-state index is 11.9. The van der Waals surface area contributed by atoms with E-state index in [1.807, 2.05) is 0 Å². The third-order valence-corrected chi connectivity index (χ3v) is 3.63. The first-order valence-corrected chi connectivity index (χ1v) is 7.64. The third kappa shape index (κ3) is 5.02. The van der Waals surface area contributed by atoms with Gasteiger partial charge < -0.3 is 29.5 Å². The van der Waals surface area contributed by atoms with Gasteiger partial charge in [0.1, 0.15) is 11.9 Å². The maximum Gasteiger partial charge on any atom is 0.331 e. The van der Waals surface area contributed by atoms with Crippen LogP contribution in [-0.2, 0) is 23.8 Å². The normalized spacial score (nSPS) is 29.4. The fourth-order valence-corrected chi connectivity index (χ4v) is 2.42. The molecule has 0 aromatic heterocycles. The van der Waals surface area contributed by atoms with Gasteiger partial charge in [0.15, 0.2) is 18.5 Å². The predicted octanol–water partition coefficient (Wildman–Crippen LogP) is 0.347. The Labute approximate surface area is 144 Å². The van der Waals surface area contributed by atoms with Gasteiger partial charge in [-0.2, -0.15) is 0 Å². The smallest absolute Gasteiger partial charge is 0.331 e. The van der Waals surface area contributed by atoms with Crippen molar-refractivity contribution in [2.24, 2.45) is 0 Å². The summed E-state index contributed by atoms with van der Waals surface area (Å²) in [4.78, 5) is 23.0. The summed E-state index contributed by atoms with van der Waals surface area (Å²) in [5.74, 6) is -1.36. The van der Waals surface area contributed by atoms with Crippen molar-refractivity contribution in [1.29, 1.82) is 0 Å². The van der Waals surface area contributed by atoms with E-state index in [-0.39, 0.29) is 5.75 Å². The lowest BCUT2D eigenvalue weighted by Crippen LogP contribution is -2.59. The molecule has 0 saturated carbocycles. The van der Waals surface area contributed by atoms with Crippen LogP contribution in [0.5, 0.6) is 5.75 Å². The molecule has 0 bridgehead atoms. The number of aromatic hydroxyl groups is 1. The van der Waals surface area contributed by atoms with Gasteiger partial charge in [-0.25, -0.2) is 4.79 Å². The molecular weight excluding hydrogens is 332 g/mol. The van der Waals surface area contributed by atoms with Crippen molar-refractivity contribution in [2.45, 2.75) is 44.6 Å². The average molecular weight is 352 g/mol. The van der Waals surface area contributed by atoms with Crippen LogP contribution in [0.1, 0.15) is 19.4 Å². The largest absolute Gasteiger partial charge is 0.508 e. The van der Waals surface area contributed by atoms with E-state index in [0.29, 0.717) is 5.56 Å². The Hall–Kier alpha value is -2.42. The van der Waals surface area contributed by atoms with Gasteiger partial charge >= 0.3 is 11.9 Å². The summed E-state index contributed by atoms with van der Waals surface area (Å²) >= 11 is 0. The number of aliphatic hydroxyl groups excluding tert-OH is 2. The molecule has 0 aliphatic carbocycles. The van der Waals surface area contributed by atoms with E-state index >= 15 is 0 Å². The third-order valence-electron chi connectivity index (χ3n) is 3.63. The number of aliphatic hydroxyl groups is 2. The summed E-state index contributed by atoms with van der Waals surface area (Å²) in [5.41, 5.74) is 0.641. The molecule has 1 aliphatic heterocycles. The lowest BCUT2D eigenvalue weighted by molar-refractivity contribution is -0.284. The quantitative estimate of drug-likeness (QED) is 0.524. The first-order chi connectivity index (χ1) is 11.8. The van der Waals surface area contributed by atoms with E-state index in [9.17, 15) is 24.9 Å². The highest BCUT2D eigenvalue weighted by molar-refractivity contribution is 5.87. The van der Waals surface area contributed by atoms with Gasteiger partial charge in [-0.3, -0.25) is 4.79 Å². The number of carbonyl (C=O) groups excluding carboxylic acids is 2. The zero-order chi connectivity index (χ0) is 18.6. The van der Waals surface area contributed by atoms with Gasteiger partial charge in [0.25, 0.3) is 0 Å². The standard InChI is InChI=1S/C17H20O8/c1-9-15(24-10(2)18)14(21)16(17(22)23-9)25-13(20)8-5-11-3-6-12(19)7-4-11/h3-9,14-17,19,21-22H,1-2H3. The summed E-state index contributed by atoms with van der Waals surface area (Å²) in [7, 11) is 0. The number of hydrogen-bond acceptors (Lipinski definition) is 8. The van der Waals surface area contributed by atoms with E-state index < -0.39 is 42.6 Å². The van der Waals surface area contributed by atoms with Crippen LogP contribution >= 0.6 is 0 Å². The summed E-state index contributed by atoms with van der Waals surface area (Å²) < 4.78 is 15.1. The van der Waals surface area contributed by atoms with Crippen molar-refractivity contribution in [1.82, 2.24) is 0 Å². The molecule has 1 saturated heterocycles. The number of carbonyl (C=O) groups is 2. The molecule has 1 aliphatic rings. The fourth-order valence-electron chi connectivity index (χ4n) is 2.42. The minimum Gasteiger partial charge on any atom is -0.508 e. The second-order valence-corrected chi connectivity index (χ2v) is 5.62. The molecule has 0 amide bonds. The molecule has 1 aromatic rings. The minimum absolute atomic E-state index is 0.0935. The van der Waals surface area contributed by atoms with Crippen LogP contribution in [0.4, 0.5) is 0 Å². The molecular formula is C17H20O8. The zero-order valence-corrected chi connectivity index (χ0v) is 13.7. The first-order valence-electron chi connectivity index (χ1n) is 7.64. The van der Waals surface area contributed by atoms with E-state index in [1.165, 1.54) is 32.1 Å². The molecule has 1 heterocycles. The van der Waals surface area contributed by atoms with Crippen LogP contribution in [-0.4, -0.2) is 58.0 Å². The SMILES string of the molecule is CC(=O)OC1C(C)OC(O)C(OC(=O)C=Cc2ccc(O)cc2)C1O. The number of hydrogen-bond donors (Lipinski definition) is 3. The van der Waals surface area contributed by atoms with E-state index in [0.717, 1.165) is 6.08 Å². The number of benzene rings is 1. The summed E-state index contributed by atoms with van der Waals surface area (Å²) in [6, 6.07) is 6.09. The van der Waals surface area contributed by atoms with Crippen molar-refractivity contribution in [3.63, 3.8) is 0 Å². The molecule has 5 unspecified atom stereocenters. The van der Waals surface area contributed by atoms with Crippen molar-refractivity contribution in [2.75, 3.05) is 0 Å². The van der Waals surface area contributed by atoms with Crippen LogP contribution in [0.2, 0.25) is 0 Å². The predicted molar refractivity (Wildman–Crippen MR) is 85.1 cm³/mol. The van der Waals surface area contributed by atoms with Crippen molar-refractivity contribution < 1.29 is 39.1 Å². The summed E-state index contributed by atoms with van der Waals surface area (Å²) in [5, 5.41) is 29.3. The number of phenolic OH excluding ortho intramolecular Hbond substituents is 1. The number of esters is 2. The Kier molecular flexibility index (Phi) is 6.13. The monoisotopic (exact) mass is 352 g/mol. The molecule has 8 nitrogen and oxygen atoms in total. The molecule has 136 valence electrons. The Morgan fingerprint density at radius 1 is 1.12 bits per heavy atom. The van der Waals surface area contributed by atoms with Crippen molar-refractivity contribution in [3.8, 4) is 5.75 Å². The van der Waals surface area contributed by atoms with Gasteiger partial charge in [0.05, 0.1) is 6.10 Å². The molecule has 25 heavy (non-hydrogen) atoms. The minimum atomic E-state index is -1.55.